The summed E-state index contributed by atoms with van der Waals surface area (Å²) in [6, 6.07) is 5.32. The van der Waals surface area contributed by atoms with Crippen LogP contribution in [-0.2, 0) is 0 Å². The normalized spacial score (nSPS) is 21.8. The largest absolute Gasteiger partial charge is 0.474 e. The first-order valence-electron chi connectivity index (χ1n) is 11.5. The maximum Gasteiger partial charge on any atom is 0.227 e. The second kappa shape index (κ2) is 9.97. The van der Waals surface area contributed by atoms with E-state index < -0.39 is 0 Å². The Balaban J connectivity index is 1.50. The highest BCUT2D eigenvalue weighted by Gasteiger charge is 2.25. The third-order valence-electron chi connectivity index (χ3n) is 6.49. The van der Waals surface area contributed by atoms with E-state index in [-0.39, 0.29) is 12.2 Å². The van der Waals surface area contributed by atoms with Gasteiger partial charge in [-0.2, -0.15) is 0 Å². The zero-order chi connectivity index (χ0) is 22.8. The van der Waals surface area contributed by atoms with Crippen LogP contribution in [0.25, 0.3) is 10.9 Å². The molecular weight excluding hydrogens is 461 g/mol. The molecule has 1 aliphatic heterocycles. The highest BCUT2D eigenvalue weighted by molar-refractivity contribution is 6.42. The van der Waals surface area contributed by atoms with Crippen LogP contribution < -0.4 is 15.4 Å². The van der Waals surface area contributed by atoms with Crippen molar-refractivity contribution in [3.8, 4) is 5.88 Å². The summed E-state index contributed by atoms with van der Waals surface area (Å²) in [6.07, 6.45) is 8.89. The summed E-state index contributed by atoms with van der Waals surface area (Å²) in [7, 11) is 0. The van der Waals surface area contributed by atoms with Gasteiger partial charge in [-0.15, -0.1) is 0 Å². The fourth-order valence-electron chi connectivity index (χ4n) is 4.63. The molecule has 0 bridgehead atoms. The highest BCUT2D eigenvalue weighted by atomic mass is 35.5. The summed E-state index contributed by atoms with van der Waals surface area (Å²) in [5.74, 6) is 1.35. The van der Waals surface area contributed by atoms with Crippen molar-refractivity contribution in [2.75, 3.05) is 18.4 Å². The summed E-state index contributed by atoms with van der Waals surface area (Å²) < 4.78 is 6.29. The third kappa shape index (κ3) is 5.17. The number of aromatic nitrogens is 3. The van der Waals surface area contributed by atoms with Crippen LogP contribution in [0, 0.1) is 0 Å². The lowest BCUT2D eigenvalue weighted by Crippen LogP contribution is -2.34. The molecule has 2 fully saturated rings. The lowest BCUT2D eigenvalue weighted by atomic mass is 9.83. The van der Waals surface area contributed by atoms with Gasteiger partial charge in [-0.05, 0) is 75.7 Å². The molecule has 0 unspecified atom stereocenters. The Morgan fingerprint density at radius 2 is 1.76 bits per heavy atom. The number of pyridine rings is 1. The van der Waals surface area contributed by atoms with E-state index in [0.717, 1.165) is 73.8 Å². The van der Waals surface area contributed by atoms with E-state index in [1.807, 2.05) is 12.3 Å². The summed E-state index contributed by atoms with van der Waals surface area (Å²) in [6.45, 7) is 1.89. The van der Waals surface area contributed by atoms with Gasteiger partial charge in [-0.25, -0.2) is 15.0 Å². The Morgan fingerprint density at radius 1 is 0.970 bits per heavy atom. The predicted octanol–water partition coefficient (Wildman–Crippen LogP) is 5.22. The molecule has 0 atom stereocenters. The van der Waals surface area contributed by atoms with Gasteiger partial charge in [0.2, 0.25) is 11.8 Å². The second-order valence-electron chi connectivity index (χ2n) is 8.80. The van der Waals surface area contributed by atoms with Crippen LogP contribution in [0.3, 0.4) is 0 Å². The van der Waals surface area contributed by atoms with Crippen molar-refractivity contribution >= 4 is 45.7 Å². The Hall–Kier alpha value is -2.19. The number of nitrogens with zero attached hydrogens (tertiary/aromatic N) is 3. The zero-order valence-corrected chi connectivity index (χ0v) is 19.7. The number of halogens is 2. The van der Waals surface area contributed by atoms with Crippen LogP contribution in [0.1, 0.15) is 50.0 Å². The number of aliphatic hydroxyl groups is 1. The molecule has 174 valence electrons. The Labute approximate surface area is 202 Å². The number of aliphatic hydroxyl groups excluding tert-OH is 1. The third-order valence-corrected chi connectivity index (χ3v) is 7.23. The minimum Gasteiger partial charge on any atom is -0.474 e. The smallest absolute Gasteiger partial charge is 0.227 e. The van der Waals surface area contributed by atoms with Gasteiger partial charge >= 0.3 is 0 Å². The van der Waals surface area contributed by atoms with Crippen molar-refractivity contribution in [1.29, 1.82) is 0 Å². The summed E-state index contributed by atoms with van der Waals surface area (Å²) in [5, 5.41) is 18.3. The molecule has 1 saturated heterocycles. The van der Waals surface area contributed by atoms with E-state index >= 15 is 0 Å². The molecule has 3 N–H and O–H groups in total. The van der Waals surface area contributed by atoms with E-state index in [2.05, 4.69) is 15.6 Å². The van der Waals surface area contributed by atoms with Crippen LogP contribution in [0.4, 0.5) is 11.6 Å². The summed E-state index contributed by atoms with van der Waals surface area (Å²) >= 11 is 12.2. The molecule has 0 amide bonds. The molecule has 1 saturated carbocycles. The number of fused-ring (bicyclic) bond motifs is 1. The molecule has 2 aromatic heterocycles. The molecule has 9 heteroatoms. The van der Waals surface area contributed by atoms with Gasteiger partial charge in [0.05, 0.1) is 27.1 Å². The van der Waals surface area contributed by atoms with Crippen LogP contribution in [0.15, 0.2) is 30.6 Å². The van der Waals surface area contributed by atoms with Crippen molar-refractivity contribution in [2.24, 2.45) is 0 Å². The average molecular weight is 488 g/mol. The molecule has 2 aliphatic rings. The molecule has 5 rings (SSSR count). The Morgan fingerprint density at radius 3 is 2.52 bits per heavy atom. The monoisotopic (exact) mass is 487 g/mol. The molecule has 0 radical (unpaired) electrons. The fourth-order valence-corrected chi connectivity index (χ4v) is 4.93. The molecule has 1 aromatic carbocycles. The molecule has 3 aromatic rings. The van der Waals surface area contributed by atoms with Gasteiger partial charge in [-0.3, -0.25) is 0 Å². The number of benzene rings is 1. The van der Waals surface area contributed by atoms with Gasteiger partial charge in [0.1, 0.15) is 6.10 Å². The van der Waals surface area contributed by atoms with Crippen molar-refractivity contribution < 1.29 is 9.84 Å². The molecule has 33 heavy (non-hydrogen) atoms. The number of piperidine rings is 1. The SMILES string of the molecule is O[C@H]1CC[C@H](c2cnc(OC3CCNCC3)c3cnc(Nc4ccc(Cl)c(Cl)c4)nc32)CC1. The topological polar surface area (TPSA) is 92.2 Å². The number of hydrogen-bond acceptors (Lipinski definition) is 7. The van der Waals surface area contributed by atoms with Crippen molar-refractivity contribution in [2.45, 2.75) is 56.7 Å². The van der Waals surface area contributed by atoms with Gasteiger partial charge in [-0.1, -0.05) is 23.2 Å². The maximum atomic E-state index is 9.97. The maximum absolute atomic E-state index is 9.97. The van der Waals surface area contributed by atoms with E-state index in [0.29, 0.717) is 27.8 Å². The van der Waals surface area contributed by atoms with Gasteiger partial charge < -0.3 is 20.5 Å². The Kier molecular flexibility index (Phi) is 6.83. The van der Waals surface area contributed by atoms with Crippen molar-refractivity contribution in [3.05, 3.63) is 46.2 Å². The second-order valence-corrected chi connectivity index (χ2v) is 9.62. The van der Waals surface area contributed by atoms with E-state index in [9.17, 15) is 5.11 Å². The van der Waals surface area contributed by atoms with Crippen LogP contribution in [0.5, 0.6) is 5.88 Å². The van der Waals surface area contributed by atoms with Crippen molar-refractivity contribution in [1.82, 2.24) is 20.3 Å². The first kappa shape index (κ1) is 22.6. The minimum absolute atomic E-state index is 0.131. The highest BCUT2D eigenvalue weighted by Crippen LogP contribution is 2.38. The number of nitrogens with one attached hydrogen (secondary N) is 2. The van der Waals surface area contributed by atoms with E-state index in [1.54, 1.807) is 18.3 Å². The minimum atomic E-state index is -0.218. The lowest BCUT2D eigenvalue weighted by molar-refractivity contribution is 0.122. The summed E-state index contributed by atoms with van der Waals surface area (Å²) in [4.78, 5) is 14.1. The number of hydrogen-bond donors (Lipinski definition) is 3. The van der Waals surface area contributed by atoms with E-state index in [4.69, 9.17) is 37.9 Å². The quantitative estimate of drug-likeness (QED) is 0.453. The average Bonchev–Trinajstić information content (AvgIpc) is 2.83. The van der Waals surface area contributed by atoms with Crippen LogP contribution >= 0.6 is 23.2 Å². The van der Waals surface area contributed by atoms with Crippen LogP contribution in [-0.4, -0.2) is 45.4 Å². The molecule has 7 nitrogen and oxygen atoms in total. The molecule has 1 aliphatic carbocycles. The molecule has 3 heterocycles. The first-order chi connectivity index (χ1) is 16.1. The predicted molar refractivity (Wildman–Crippen MR) is 131 cm³/mol. The van der Waals surface area contributed by atoms with Gasteiger partial charge in [0, 0.05) is 23.6 Å². The lowest BCUT2D eigenvalue weighted by Gasteiger charge is -2.27. The van der Waals surface area contributed by atoms with Crippen LogP contribution in [0.2, 0.25) is 10.0 Å². The standard InChI is InChI=1S/C24H27Cl2N5O2/c25-20-6-3-15(11-21(20)26)30-24-29-13-19-22(31-24)18(14-1-4-16(32)5-2-14)12-28-23(19)33-17-7-9-27-10-8-17/h3,6,11-14,16-17,27,32H,1-2,4-5,7-10H2,(H,29,30,31)/t14-,16-. The van der Waals surface area contributed by atoms with Gasteiger partial charge in [0.15, 0.2) is 0 Å². The number of rotatable bonds is 5. The molecular formula is C24H27Cl2N5O2. The zero-order valence-electron chi connectivity index (χ0n) is 18.2. The van der Waals surface area contributed by atoms with Gasteiger partial charge in [0.25, 0.3) is 0 Å². The fraction of sp³-hybridized carbons (Fsp3) is 0.458. The first-order valence-corrected chi connectivity index (χ1v) is 12.3. The van der Waals surface area contributed by atoms with E-state index in [1.165, 1.54) is 0 Å². The Bertz CT molecular complexity index is 1130. The van der Waals surface area contributed by atoms with Crippen molar-refractivity contribution in [3.63, 3.8) is 0 Å². The number of anilines is 2. The summed E-state index contributed by atoms with van der Waals surface area (Å²) in [5.41, 5.74) is 2.67. The molecule has 0 spiro atoms. The number of ether oxygens (including phenoxy) is 1.